The molecule has 2 heterocycles. The van der Waals surface area contributed by atoms with Crippen LogP contribution in [0.4, 0.5) is 5.00 Å². The van der Waals surface area contributed by atoms with Gasteiger partial charge in [0.2, 0.25) is 0 Å². The van der Waals surface area contributed by atoms with Gasteiger partial charge < -0.3 is 19.4 Å². The second kappa shape index (κ2) is 11.9. The number of nitrogens with zero attached hydrogens (tertiary/aromatic N) is 1. The summed E-state index contributed by atoms with van der Waals surface area (Å²) in [6, 6.07) is 13.9. The maximum absolute atomic E-state index is 13.6. The van der Waals surface area contributed by atoms with Crippen LogP contribution in [0.15, 0.2) is 53.3 Å². The van der Waals surface area contributed by atoms with Gasteiger partial charge in [0.15, 0.2) is 6.10 Å². The summed E-state index contributed by atoms with van der Waals surface area (Å²) >= 11 is 7.47. The Labute approximate surface area is 245 Å². The van der Waals surface area contributed by atoms with Gasteiger partial charge in [-0.15, -0.1) is 11.3 Å². The Hall–Kier alpha value is -3.95. The number of carbonyl (C=O) groups excluding carboxylic acids is 3. The fraction of sp³-hybridized carbons (Fsp3) is 0.290. The second-order valence-corrected chi connectivity index (χ2v) is 11.5. The number of ether oxygens (including phenoxy) is 2. The zero-order chi connectivity index (χ0) is 29.3. The predicted molar refractivity (Wildman–Crippen MR) is 160 cm³/mol. The Morgan fingerprint density at radius 1 is 0.976 bits per heavy atom. The number of carbonyl (C=O) groups is 3. The molecule has 10 heteroatoms. The largest absolute Gasteiger partial charge is 0.465 e. The first kappa shape index (κ1) is 28.6. The molecule has 0 aliphatic heterocycles. The van der Waals surface area contributed by atoms with E-state index in [1.54, 1.807) is 48.5 Å². The average molecular weight is 593 g/mol. The minimum atomic E-state index is -1.23. The lowest BCUT2D eigenvalue weighted by atomic mass is 9.96. The van der Waals surface area contributed by atoms with Crippen LogP contribution < -0.4 is 10.9 Å². The van der Waals surface area contributed by atoms with Crippen molar-refractivity contribution in [2.45, 2.75) is 45.1 Å². The van der Waals surface area contributed by atoms with Crippen molar-refractivity contribution in [1.82, 2.24) is 4.57 Å². The van der Waals surface area contributed by atoms with E-state index >= 15 is 0 Å². The topological polar surface area (TPSA) is 104 Å². The Balaban J connectivity index is 1.48. The highest BCUT2D eigenvalue weighted by Gasteiger charge is 2.30. The smallest absolute Gasteiger partial charge is 0.356 e. The van der Waals surface area contributed by atoms with Crippen molar-refractivity contribution in [3.8, 4) is 11.1 Å². The number of thiophene rings is 1. The zero-order valence-electron chi connectivity index (χ0n) is 22.9. The molecule has 0 radical (unpaired) electrons. The number of nitrogens with one attached hydrogen (secondary N) is 1. The van der Waals surface area contributed by atoms with E-state index in [1.807, 2.05) is 0 Å². The van der Waals surface area contributed by atoms with E-state index in [2.05, 4.69) is 5.32 Å². The molecule has 212 valence electrons. The molecule has 1 atom stereocenters. The molecule has 1 aliphatic rings. The number of fused-ring (bicyclic) bond motifs is 2. The number of hydrogen-bond donors (Lipinski definition) is 1. The molecule has 8 nitrogen and oxygen atoms in total. The Bertz CT molecular complexity index is 1720. The summed E-state index contributed by atoms with van der Waals surface area (Å²) in [7, 11) is 2.81. The third-order valence-electron chi connectivity index (χ3n) is 7.33. The average Bonchev–Trinajstić information content (AvgIpc) is 3.14. The molecule has 2 aromatic carbocycles. The highest BCUT2D eigenvalue weighted by atomic mass is 35.5. The van der Waals surface area contributed by atoms with Crippen molar-refractivity contribution in [3.05, 3.63) is 85.6 Å². The summed E-state index contributed by atoms with van der Waals surface area (Å²) in [4.78, 5) is 53.9. The van der Waals surface area contributed by atoms with Crippen LogP contribution in [0.2, 0.25) is 5.02 Å². The number of rotatable bonds is 6. The summed E-state index contributed by atoms with van der Waals surface area (Å²) in [6.45, 7) is 1.45. The van der Waals surface area contributed by atoms with Gasteiger partial charge in [0, 0.05) is 27.9 Å². The molecule has 1 N–H and O–H groups in total. The van der Waals surface area contributed by atoms with Crippen LogP contribution in [0.3, 0.4) is 0 Å². The normalized spacial score (nSPS) is 13.7. The minimum Gasteiger partial charge on any atom is -0.465 e. The number of halogens is 1. The molecule has 2 aromatic heterocycles. The van der Waals surface area contributed by atoms with Gasteiger partial charge in [0.25, 0.3) is 11.5 Å². The number of hydrogen-bond acceptors (Lipinski definition) is 7. The van der Waals surface area contributed by atoms with E-state index in [1.165, 1.54) is 37.0 Å². The van der Waals surface area contributed by atoms with Crippen molar-refractivity contribution in [2.24, 2.45) is 7.05 Å². The second-order valence-electron chi connectivity index (χ2n) is 9.94. The Morgan fingerprint density at radius 3 is 2.37 bits per heavy atom. The Kier molecular flexibility index (Phi) is 8.28. The van der Waals surface area contributed by atoms with Crippen LogP contribution >= 0.6 is 22.9 Å². The highest BCUT2D eigenvalue weighted by molar-refractivity contribution is 7.17. The molecule has 0 spiro atoms. The maximum atomic E-state index is 13.6. The number of amides is 1. The summed E-state index contributed by atoms with van der Waals surface area (Å²) in [6.07, 6.45) is 3.38. The van der Waals surface area contributed by atoms with Crippen LogP contribution in [0, 0.1) is 0 Å². The van der Waals surface area contributed by atoms with Gasteiger partial charge in [-0.2, -0.15) is 0 Å². The number of anilines is 1. The summed E-state index contributed by atoms with van der Waals surface area (Å²) in [5.41, 5.74) is 2.07. The van der Waals surface area contributed by atoms with Crippen molar-refractivity contribution < 1.29 is 23.9 Å². The molecule has 1 amide bonds. The third kappa shape index (κ3) is 5.52. The van der Waals surface area contributed by atoms with Gasteiger partial charge in [0.1, 0.15) is 10.7 Å². The molecule has 1 unspecified atom stereocenters. The van der Waals surface area contributed by atoms with Crippen LogP contribution in [0.1, 0.15) is 57.5 Å². The lowest BCUT2D eigenvalue weighted by Gasteiger charge is -2.19. The standard InChI is InChI=1S/C31H29ClN2O6S/c1-17(27(35)33-28-25(30(37)39-3)22-11-5-4-6-12-23(22)41-28)40-31(38)26-24(18-13-15-19(32)16-14-18)20-9-7-8-10-21(20)29(36)34(26)2/h7-10,13-17H,4-6,11-12H2,1-3H3,(H,33,35). The molecule has 0 saturated carbocycles. The molecule has 0 fully saturated rings. The zero-order valence-corrected chi connectivity index (χ0v) is 24.5. The van der Waals surface area contributed by atoms with Gasteiger partial charge in [-0.3, -0.25) is 9.59 Å². The van der Waals surface area contributed by atoms with Crippen molar-refractivity contribution in [2.75, 3.05) is 12.4 Å². The molecule has 0 saturated heterocycles. The van der Waals surface area contributed by atoms with Crippen molar-refractivity contribution in [1.29, 1.82) is 0 Å². The Morgan fingerprint density at radius 2 is 1.66 bits per heavy atom. The summed E-state index contributed by atoms with van der Waals surface area (Å²) < 4.78 is 11.9. The first-order valence-corrected chi connectivity index (χ1v) is 14.5. The lowest BCUT2D eigenvalue weighted by Crippen LogP contribution is -2.33. The number of aromatic nitrogens is 1. The van der Waals surface area contributed by atoms with E-state index in [9.17, 15) is 19.2 Å². The summed E-state index contributed by atoms with van der Waals surface area (Å²) in [5.74, 6) is -1.94. The molecular formula is C31H29ClN2O6S. The van der Waals surface area contributed by atoms with Crippen LogP contribution in [0.5, 0.6) is 0 Å². The molecule has 1 aliphatic carbocycles. The molecule has 0 bridgehead atoms. The van der Waals surface area contributed by atoms with E-state index in [-0.39, 0.29) is 11.3 Å². The molecular weight excluding hydrogens is 564 g/mol. The molecule has 5 rings (SSSR count). The van der Waals surface area contributed by atoms with Crippen molar-refractivity contribution in [3.63, 3.8) is 0 Å². The van der Waals surface area contributed by atoms with E-state index < -0.39 is 23.9 Å². The van der Waals surface area contributed by atoms with Crippen LogP contribution in [-0.2, 0) is 34.2 Å². The number of methoxy groups -OCH3 is 1. The van der Waals surface area contributed by atoms with E-state index in [4.69, 9.17) is 21.1 Å². The first-order chi connectivity index (χ1) is 19.7. The SMILES string of the molecule is COC(=O)c1c(NC(=O)C(C)OC(=O)c2c(-c3ccc(Cl)cc3)c3ccccc3c(=O)n2C)sc2c1CCCCC2. The van der Waals surface area contributed by atoms with Crippen molar-refractivity contribution >= 4 is 56.6 Å². The van der Waals surface area contributed by atoms with Gasteiger partial charge in [-0.25, -0.2) is 9.59 Å². The molecule has 41 heavy (non-hydrogen) atoms. The van der Waals surface area contributed by atoms with Gasteiger partial charge in [-0.1, -0.05) is 48.4 Å². The number of pyridine rings is 1. The molecule has 4 aromatic rings. The summed E-state index contributed by atoms with van der Waals surface area (Å²) in [5, 5.41) is 4.71. The first-order valence-electron chi connectivity index (χ1n) is 13.3. The highest BCUT2D eigenvalue weighted by Crippen LogP contribution is 2.38. The number of esters is 2. The minimum absolute atomic E-state index is 0.00811. The lowest BCUT2D eigenvalue weighted by molar-refractivity contribution is -0.123. The maximum Gasteiger partial charge on any atom is 0.356 e. The van der Waals surface area contributed by atoms with Gasteiger partial charge in [-0.05, 0) is 67.3 Å². The van der Waals surface area contributed by atoms with E-state index in [0.29, 0.717) is 37.5 Å². The van der Waals surface area contributed by atoms with Gasteiger partial charge in [0.05, 0.1) is 12.7 Å². The van der Waals surface area contributed by atoms with Crippen LogP contribution in [-0.4, -0.2) is 35.6 Å². The number of benzene rings is 2. The van der Waals surface area contributed by atoms with Crippen LogP contribution in [0.25, 0.3) is 21.9 Å². The fourth-order valence-electron chi connectivity index (χ4n) is 5.25. The predicted octanol–water partition coefficient (Wildman–Crippen LogP) is 6.16. The van der Waals surface area contributed by atoms with Gasteiger partial charge >= 0.3 is 11.9 Å². The quantitative estimate of drug-likeness (QED) is 0.212. The third-order valence-corrected chi connectivity index (χ3v) is 8.79. The van der Waals surface area contributed by atoms with E-state index in [0.717, 1.165) is 42.5 Å². The number of aryl methyl sites for hydroxylation is 1. The monoisotopic (exact) mass is 592 g/mol. The fourth-order valence-corrected chi connectivity index (χ4v) is 6.65.